The molecule has 0 unspecified atom stereocenters. The maximum absolute atomic E-state index is 11.5. The Kier molecular flexibility index (Phi) is 6.44. The summed E-state index contributed by atoms with van der Waals surface area (Å²) in [6.07, 6.45) is 0.573. The second-order valence-electron chi connectivity index (χ2n) is 3.27. The number of nitrogens with two attached hydrogens (primary N) is 1. The summed E-state index contributed by atoms with van der Waals surface area (Å²) in [5.41, 5.74) is 5.27. The van der Waals surface area contributed by atoms with Crippen molar-refractivity contribution >= 4 is 11.7 Å². The van der Waals surface area contributed by atoms with Gasteiger partial charge in [0.15, 0.2) is 0 Å². The maximum atomic E-state index is 11.5. The molecule has 0 heterocycles. The van der Waals surface area contributed by atoms with Gasteiger partial charge in [0, 0.05) is 13.0 Å². The Morgan fingerprint density at radius 2 is 2.20 bits per heavy atom. The van der Waals surface area contributed by atoms with E-state index in [2.05, 4.69) is 5.16 Å². The van der Waals surface area contributed by atoms with E-state index in [1.54, 1.807) is 20.9 Å². The molecule has 0 saturated carbocycles. The molecule has 1 amide bonds. The number of nitrogens with zero attached hydrogens (tertiary/aromatic N) is 2. The highest BCUT2D eigenvalue weighted by atomic mass is 16.7. The number of rotatable bonds is 6. The van der Waals surface area contributed by atoms with Gasteiger partial charge in [-0.1, -0.05) is 12.1 Å². The van der Waals surface area contributed by atoms with Crippen molar-refractivity contribution in [1.82, 2.24) is 5.06 Å². The second kappa shape index (κ2) is 7.05. The summed E-state index contributed by atoms with van der Waals surface area (Å²) < 4.78 is 0. The molecular weight excluding hydrogens is 198 g/mol. The van der Waals surface area contributed by atoms with Crippen molar-refractivity contribution in [1.29, 1.82) is 0 Å². The number of carbonyl (C=O) groups is 1. The minimum Gasteiger partial charge on any atom is -0.394 e. The van der Waals surface area contributed by atoms with Crippen LogP contribution in [0.25, 0.3) is 0 Å². The highest BCUT2D eigenvalue weighted by molar-refractivity contribution is 5.77. The van der Waals surface area contributed by atoms with Gasteiger partial charge in [0.2, 0.25) is 5.91 Å². The molecule has 0 spiro atoms. The van der Waals surface area contributed by atoms with Crippen LogP contribution in [-0.4, -0.2) is 37.6 Å². The number of hydroxylamine groups is 2. The number of hydrogen-bond donors (Lipinski definition) is 1. The predicted octanol–water partition coefficient (Wildman–Crippen LogP) is 0.341. The lowest BCUT2D eigenvalue weighted by molar-refractivity contribution is -0.173. The molecule has 0 saturated heterocycles. The molecule has 0 aliphatic heterocycles. The number of amides is 1. The van der Waals surface area contributed by atoms with Crippen LogP contribution in [0.4, 0.5) is 0 Å². The van der Waals surface area contributed by atoms with Crippen molar-refractivity contribution in [2.75, 3.05) is 20.8 Å². The molecule has 15 heavy (non-hydrogen) atoms. The van der Waals surface area contributed by atoms with E-state index >= 15 is 0 Å². The summed E-state index contributed by atoms with van der Waals surface area (Å²) in [6.45, 7) is 3.80. The van der Waals surface area contributed by atoms with Gasteiger partial charge in [-0.25, -0.2) is 5.06 Å². The first-order chi connectivity index (χ1) is 6.99. The lowest BCUT2D eigenvalue weighted by Crippen LogP contribution is -2.31. The van der Waals surface area contributed by atoms with E-state index in [0.29, 0.717) is 18.9 Å². The monoisotopic (exact) mass is 217 g/mol. The third kappa shape index (κ3) is 5.90. The molecule has 0 rings (SSSR count). The quantitative estimate of drug-likeness (QED) is 0.301. The minimum absolute atomic E-state index is 0.0884. The summed E-state index contributed by atoms with van der Waals surface area (Å²) in [5.74, 6) is 0.112. The molecule has 88 valence electrons. The van der Waals surface area contributed by atoms with E-state index in [1.807, 2.05) is 0 Å². The molecule has 0 fully saturated rings. The van der Waals surface area contributed by atoms with E-state index in [4.69, 9.17) is 15.4 Å². The van der Waals surface area contributed by atoms with Crippen LogP contribution in [0, 0.1) is 5.92 Å². The molecule has 2 N–H and O–H groups in total. The fraction of sp³-hybridized carbons (Fsp3) is 0.778. The molecule has 0 aromatic rings. The van der Waals surface area contributed by atoms with E-state index in [-0.39, 0.29) is 11.8 Å². The van der Waals surface area contributed by atoms with E-state index in [9.17, 15) is 4.79 Å². The molecule has 1 atom stereocenters. The molecule has 0 aromatic heterocycles. The van der Waals surface area contributed by atoms with Crippen LogP contribution in [0.3, 0.4) is 0 Å². The van der Waals surface area contributed by atoms with Gasteiger partial charge in [0.25, 0.3) is 0 Å². The number of hydrogen-bond acceptors (Lipinski definition) is 4. The summed E-state index contributed by atoms with van der Waals surface area (Å²) in [6, 6.07) is 0. The SMILES string of the molecule is CON(C)C(=O)[C@@H](C)CCO/N=C(\C)N. The van der Waals surface area contributed by atoms with E-state index < -0.39 is 0 Å². The largest absolute Gasteiger partial charge is 0.394 e. The number of oxime groups is 1. The average molecular weight is 217 g/mol. The van der Waals surface area contributed by atoms with Gasteiger partial charge in [-0.05, 0) is 13.3 Å². The van der Waals surface area contributed by atoms with Crippen molar-refractivity contribution in [3.8, 4) is 0 Å². The fourth-order valence-corrected chi connectivity index (χ4v) is 0.901. The van der Waals surface area contributed by atoms with Gasteiger partial charge >= 0.3 is 0 Å². The van der Waals surface area contributed by atoms with Crippen LogP contribution < -0.4 is 5.73 Å². The van der Waals surface area contributed by atoms with Crippen molar-refractivity contribution in [2.24, 2.45) is 16.8 Å². The summed E-state index contributed by atoms with van der Waals surface area (Å²) >= 11 is 0. The maximum Gasteiger partial charge on any atom is 0.248 e. The second-order valence-corrected chi connectivity index (χ2v) is 3.27. The molecule has 0 aromatic carbocycles. The first-order valence-corrected chi connectivity index (χ1v) is 4.72. The molecule has 0 aliphatic rings. The van der Waals surface area contributed by atoms with Crippen LogP contribution in [0.15, 0.2) is 5.16 Å². The zero-order valence-corrected chi connectivity index (χ0v) is 9.69. The zero-order chi connectivity index (χ0) is 11.8. The third-order valence-electron chi connectivity index (χ3n) is 1.86. The predicted molar refractivity (Wildman–Crippen MR) is 56.8 cm³/mol. The average Bonchev–Trinajstić information content (AvgIpc) is 2.21. The number of amidine groups is 1. The minimum atomic E-state index is -0.164. The first kappa shape index (κ1) is 13.7. The topological polar surface area (TPSA) is 77.1 Å². The summed E-state index contributed by atoms with van der Waals surface area (Å²) in [7, 11) is 3.02. The normalized spacial score (nSPS) is 13.5. The van der Waals surface area contributed by atoms with Crippen molar-refractivity contribution in [3.63, 3.8) is 0 Å². The van der Waals surface area contributed by atoms with Gasteiger partial charge in [0.1, 0.15) is 12.4 Å². The van der Waals surface area contributed by atoms with Crippen molar-refractivity contribution in [3.05, 3.63) is 0 Å². The smallest absolute Gasteiger partial charge is 0.248 e. The third-order valence-corrected chi connectivity index (χ3v) is 1.86. The number of carbonyl (C=O) groups excluding carboxylic acids is 1. The molecule has 6 heteroatoms. The lowest BCUT2D eigenvalue weighted by Gasteiger charge is -2.18. The van der Waals surface area contributed by atoms with Crippen LogP contribution >= 0.6 is 0 Å². The standard InChI is InChI=1S/C9H19N3O3/c1-7(9(13)12(3)14-4)5-6-15-11-8(2)10/h7H,5-6H2,1-4H3,(H2,10,11)/t7-/m0/s1. The van der Waals surface area contributed by atoms with Gasteiger partial charge in [0.05, 0.1) is 7.11 Å². The van der Waals surface area contributed by atoms with Crippen LogP contribution in [0.2, 0.25) is 0 Å². The first-order valence-electron chi connectivity index (χ1n) is 4.72. The van der Waals surface area contributed by atoms with Gasteiger partial charge in [-0.3, -0.25) is 9.63 Å². The zero-order valence-electron chi connectivity index (χ0n) is 9.69. The van der Waals surface area contributed by atoms with E-state index in [0.717, 1.165) is 0 Å². The Morgan fingerprint density at radius 3 is 2.67 bits per heavy atom. The van der Waals surface area contributed by atoms with Crippen LogP contribution in [-0.2, 0) is 14.5 Å². The van der Waals surface area contributed by atoms with Gasteiger partial charge in [-0.2, -0.15) is 0 Å². The summed E-state index contributed by atoms with van der Waals surface area (Å²) in [4.78, 5) is 21.1. The Morgan fingerprint density at radius 1 is 1.60 bits per heavy atom. The van der Waals surface area contributed by atoms with Gasteiger partial charge in [-0.15, -0.1) is 0 Å². The van der Waals surface area contributed by atoms with Crippen molar-refractivity contribution < 1.29 is 14.5 Å². The fourth-order valence-electron chi connectivity index (χ4n) is 0.901. The Balaban J connectivity index is 3.79. The Labute approximate surface area is 90.0 Å². The van der Waals surface area contributed by atoms with E-state index in [1.165, 1.54) is 12.2 Å². The lowest BCUT2D eigenvalue weighted by atomic mass is 10.1. The molecule has 0 bridgehead atoms. The molecule has 6 nitrogen and oxygen atoms in total. The Hall–Kier alpha value is -1.30. The molecular formula is C9H19N3O3. The van der Waals surface area contributed by atoms with Gasteiger partial charge < -0.3 is 10.6 Å². The van der Waals surface area contributed by atoms with Crippen molar-refractivity contribution in [2.45, 2.75) is 20.3 Å². The highest BCUT2D eigenvalue weighted by Gasteiger charge is 2.17. The molecule has 0 aliphatic carbocycles. The highest BCUT2D eigenvalue weighted by Crippen LogP contribution is 2.06. The van der Waals surface area contributed by atoms with Crippen LogP contribution in [0.5, 0.6) is 0 Å². The summed E-state index contributed by atoms with van der Waals surface area (Å²) in [5, 5.41) is 4.76. The van der Waals surface area contributed by atoms with Crippen LogP contribution in [0.1, 0.15) is 20.3 Å². The molecule has 0 radical (unpaired) electrons. The Bertz CT molecular complexity index is 227.